The van der Waals surface area contributed by atoms with E-state index in [9.17, 15) is 19.2 Å². The lowest BCUT2D eigenvalue weighted by Crippen LogP contribution is -2.38. The number of hydrogen-bond donors (Lipinski definition) is 2. The lowest BCUT2D eigenvalue weighted by Gasteiger charge is -2.21. The van der Waals surface area contributed by atoms with E-state index in [4.69, 9.17) is 19.0 Å². The number of fused-ring (bicyclic) bond motifs is 1. The van der Waals surface area contributed by atoms with E-state index in [0.717, 1.165) is 6.29 Å². The second-order valence-corrected chi connectivity index (χ2v) is 9.20. The molecule has 1 atom stereocenters. The van der Waals surface area contributed by atoms with Crippen molar-refractivity contribution in [1.82, 2.24) is 10.2 Å². The van der Waals surface area contributed by atoms with Gasteiger partial charge in [0.25, 0.3) is 11.8 Å². The molecule has 0 saturated heterocycles. The quantitative estimate of drug-likeness (QED) is 0.145. The first-order valence-corrected chi connectivity index (χ1v) is 13.2. The molecule has 0 bridgehead atoms. The number of hydrogen-bond acceptors (Lipinski definition) is 9. The summed E-state index contributed by atoms with van der Waals surface area (Å²) in [5.74, 6) is -0.986. The summed E-state index contributed by atoms with van der Waals surface area (Å²) in [4.78, 5) is 58.1. The predicted molar refractivity (Wildman–Crippen MR) is 149 cm³/mol. The van der Waals surface area contributed by atoms with Gasteiger partial charge in [-0.25, -0.2) is 0 Å². The lowest BCUT2D eigenvalue weighted by molar-refractivity contribution is -0.156. The Morgan fingerprint density at radius 3 is 2.21 bits per heavy atom. The van der Waals surface area contributed by atoms with Crippen LogP contribution >= 0.6 is 0 Å². The average molecular weight is 552 g/mol. The zero-order valence-electron chi connectivity index (χ0n) is 24.3. The Morgan fingerprint density at radius 1 is 1.03 bits per heavy atom. The van der Waals surface area contributed by atoms with Gasteiger partial charge in [0.2, 0.25) is 6.41 Å². The molecule has 2 N–H and O–H groups in total. The van der Waals surface area contributed by atoms with Crippen molar-refractivity contribution in [3.8, 4) is 0 Å². The maximum atomic E-state index is 12.9. The molecule has 3 amide bonds. The molecular formula is C28H45N3O8. The first kappa shape index (κ1) is 35.7. The molecule has 1 aliphatic rings. The highest BCUT2D eigenvalue weighted by molar-refractivity contribution is 6.23. The van der Waals surface area contributed by atoms with Crippen molar-refractivity contribution >= 4 is 36.2 Å². The molecule has 0 aliphatic carbocycles. The Hall–Kier alpha value is -3.31. The third kappa shape index (κ3) is 13.4. The lowest BCUT2D eigenvalue weighted by atomic mass is 10.1. The number of ether oxygens (including phenoxy) is 3. The standard InChI is InChI=1S/C24H34N2O7.C2H5NO.C2H6/c1-17(7-6-12-27)26-22(29)18-8-5-9-19(21(18)23(26)30)25-11-14-32-16-15-31-13-10-20(28)33-24(2,3)4;1-3-2-4;1-2/h5,8-9,12,17,25H,6-7,10-11,13-16H2,1-4H3;2H,1H3,(H,3,4);1-2H3. The molecule has 0 spiro atoms. The van der Waals surface area contributed by atoms with Crippen molar-refractivity contribution in [3.05, 3.63) is 29.3 Å². The first-order chi connectivity index (χ1) is 18.6. The van der Waals surface area contributed by atoms with Crippen LogP contribution in [0.5, 0.6) is 0 Å². The molecule has 1 heterocycles. The Bertz CT molecular complexity index is 915. The Kier molecular flexibility index (Phi) is 18.0. The van der Waals surface area contributed by atoms with Crippen LogP contribution in [0.2, 0.25) is 0 Å². The van der Waals surface area contributed by atoms with Crippen LogP contribution in [0.4, 0.5) is 5.69 Å². The number of benzene rings is 1. The van der Waals surface area contributed by atoms with Gasteiger partial charge >= 0.3 is 5.97 Å². The van der Waals surface area contributed by atoms with Crippen molar-refractivity contribution in [2.75, 3.05) is 45.3 Å². The molecule has 0 fully saturated rings. The molecule has 220 valence electrons. The summed E-state index contributed by atoms with van der Waals surface area (Å²) in [5.41, 5.74) is 0.790. The van der Waals surface area contributed by atoms with Crippen LogP contribution in [-0.4, -0.2) is 87.0 Å². The first-order valence-electron chi connectivity index (χ1n) is 13.2. The Labute approximate surface area is 231 Å². The largest absolute Gasteiger partial charge is 0.460 e. The second-order valence-electron chi connectivity index (χ2n) is 9.20. The summed E-state index contributed by atoms with van der Waals surface area (Å²) >= 11 is 0. The van der Waals surface area contributed by atoms with E-state index in [1.165, 1.54) is 4.90 Å². The maximum absolute atomic E-state index is 12.9. The van der Waals surface area contributed by atoms with Crippen LogP contribution in [0.25, 0.3) is 0 Å². The number of rotatable bonds is 15. The van der Waals surface area contributed by atoms with Crippen molar-refractivity contribution in [1.29, 1.82) is 0 Å². The van der Waals surface area contributed by atoms with Gasteiger partial charge in [-0.2, -0.15) is 0 Å². The number of carbonyl (C=O) groups is 5. The minimum atomic E-state index is -0.503. The normalized spacial score (nSPS) is 12.7. The smallest absolute Gasteiger partial charge is 0.308 e. The Morgan fingerprint density at radius 2 is 1.64 bits per heavy atom. The Balaban J connectivity index is 0.00000220. The highest BCUT2D eigenvalue weighted by Crippen LogP contribution is 2.31. The van der Waals surface area contributed by atoms with E-state index in [2.05, 4.69) is 10.6 Å². The number of anilines is 1. The summed E-state index contributed by atoms with van der Waals surface area (Å²) in [5, 5.41) is 5.40. The zero-order valence-corrected chi connectivity index (χ0v) is 24.3. The number of imide groups is 1. The molecule has 1 unspecified atom stereocenters. The fraction of sp³-hybridized carbons (Fsp3) is 0.607. The summed E-state index contributed by atoms with van der Waals surface area (Å²) < 4.78 is 16.1. The number of nitrogens with one attached hydrogen (secondary N) is 2. The number of carbonyl (C=O) groups excluding carboxylic acids is 5. The summed E-state index contributed by atoms with van der Waals surface area (Å²) in [6.45, 7) is 13.0. The number of esters is 1. The zero-order chi connectivity index (χ0) is 29.8. The van der Waals surface area contributed by atoms with Crippen molar-refractivity contribution in [2.45, 2.75) is 72.4 Å². The van der Waals surface area contributed by atoms with Crippen LogP contribution in [-0.2, 0) is 28.6 Å². The van der Waals surface area contributed by atoms with Gasteiger partial charge in [-0.15, -0.1) is 0 Å². The predicted octanol–water partition coefficient (Wildman–Crippen LogP) is 3.22. The van der Waals surface area contributed by atoms with Gasteiger partial charge in [0.15, 0.2) is 0 Å². The third-order valence-corrected chi connectivity index (χ3v) is 5.01. The molecule has 0 radical (unpaired) electrons. The summed E-state index contributed by atoms with van der Waals surface area (Å²) in [6, 6.07) is 4.77. The number of amides is 3. The van der Waals surface area contributed by atoms with E-state index < -0.39 is 5.60 Å². The van der Waals surface area contributed by atoms with E-state index in [0.29, 0.717) is 62.4 Å². The molecule has 11 heteroatoms. The second kappa shape index (κ2) is 19.7. The SMILES string of the molecule is CC.CC(CCC=O)N1C(=O)c2cccc(NCCOCCOCCC(=O)OC(C)(C)C)c2C1=O.CNC=O. The third-order valence-electron chi connectivity index (χ3n) is 5.01. The highest BCUT2D eigenvalue weighted by Gasteiger charge is 2.39. The van der Waals surface area contributed by atoms with E-state index in [1.54, 1.807) is 32.2 Å². The molecule has 1 aromatic rings. The van der Waals surface area contributed by atoms with Gasteiger partial charge in [-0.1, -0.05) is 19.9 Å². The van der Waals surface area contributed by atoms with Gasteiger partial charge in [-0.05, 0) is 46.2 Å². The van der Waals surface area contributed by atoms with Crippen LogP contribution < -0.4 is 10.6 Å². The fourth-order valence-corrected chi connectivity index (χ4v) is 3.42. The van der Waals surface area contributed by atoms with E-state index in [1.807, 2.05) is 34.6 Å². The van der Waals surface area contributed by atoms with Crippen LogP contribution in [0.15, 0.2) is 18.2 Å². The minimum absolute atomic E-state index is 0.190. The van der Waals surface area contributed by atoms with Crippen LogP contribution in [0, 0.1) is 0 Å². The maximum Gasteiger partial charge on any atom is 0.308 e. The van der Waals surface area contributed by atoms with Crippen molar-refractivity contribution in [2.24, 2.45) is 0 Å². The van der Waals surface area contributed by atoms with Gasteiger partial charge in [0, 0.05) is 31.7 Å². The van der Waals surface area contributed by atoms with Gasteiger partial charge in [0.05, 0.1) is 44.0 Å². The molecule has 0 aromatic heterocycles. The number of nitrogens with zero attached hydrogens (tertiary/aromatic N) is 1. The van der Waals surface area contributed by atoms with E-state index >= 15 is 0 Å². The topological polar surface area (TPSA) is 140 Å². The minimum Gasteiger partial charge on any atom is -0.460 e. The molecule has 0 saturated carbocycles. The van der Waals surface area contributed by atoms with Crippen molar-refractivity contribution < 1.29 is 38.2 Å². The molecule has 1 aliphatic heterocycles. The van der Waals surface area contributed by atoms with Crippen LogP contribution in [0.3, 0.4) is 0 Å². The molecule has 2 rings (SSSR count). The van der Waals surface area contributed by atoms with E-state index in [-0.39, 0.29) is 36.9 Å². The van der Waals surface area contributed by atoms with Gasteiger partial charge in [-0.3, -0.25) is 24.1 Å². The molecule has 39 heavy (non-hydrogen) atoms. The fourth-order valence-electron chi connectivity index (χ4n) is 3.42. The van der Waals surface area contributed by atoms with Gasteiger partial charge < -0.3 is 29.6 Å². The average Bonchev–Trinajstić information content (AvgIpc) is 3.16. The monoisotopic (exact) mass is 551 g/mol. The summed E-state index contributed by atoms with van der Waals surface area (Å²) in [6.07, 6.45) is 2.33. The molecule has 1 aromatic carbocycles. The molecule has 11 nitrogen and oxygen atoms in total. The van der Waals surface area contributed by atoms with Crippen molar-refractivity contribution in [3.63, 3.8) is 0 Å². The number of aldehydes is 1. The molecular weight excluding hydrogens is 506 g/mol. The highest BCUT2D eigenvalue weighted by atomic mass is 16.6. The van der Waals surface area contributed by atoms with Gasteiger partial charge in [0.1, 0.15) is 11.9 Å². The summed E-state index contributed by atoms with van der Waals surface area (Å²) in [7, 11) is 1.56. The van der Waals surface area contributed by atoms with Crippen LogP contribution in [0.1, 0.15) is 81.5 Å².